The van der Waals surface area contributed by atoms with Gasteiger partial charge in [-0.2, -0.15) is 0 Å². The minimum absolute atomic E-state index is 0.350. The number of fused-ring (bicyclic) bond motifs is 1. The van der Waals surface area contributed by atoms with Crippen LogP contribution in [0.3, 0.4) is 0 Å². The fraction of sp³-hybridized carbons (Fsp3) is 0.412. The van der Waals surface area contributed by atoms with E-state index >= 15 is 0 Å². The van der Waals surface area contributed by atoms with Gasteiger partial charge in [0.15, 0.2) is 0 Å². The molecule has 118 valence electrons. The molecule has 2 unspecified atom stereocenters. The van der Waals surface area contributed by atoms with Crippen LogP contribution >= 0.6 is 0 Å². The van der Waals surface area contributed by atoms with Crippen molar-refractivity contribution in [2.75, 3.05) is 0 Å². The molecular weight excluding hydrogens is 282 g/mol. The molecule has 2 aromatic rings. The maximum Gasteiger partial charge on any atom is 0.329 e. The molecule has 5 heteroatoms. The molecule has 22 heavy (non-hydrogen) atoms. The maximum atomic E-state index is 12.4. The lowest BCUT2D eigenvalue weighted by atomic mass is 9.95. The molecule has 0 saturated heterocycles. The summed E-state index contributed by atoms with van der Waals surface area (Å²) in [4.78, 5) is 23.8. The number of amides is 1. The molecule has 0 aliphatic rings. The molecule has 0 aliphatic carbocycles. The highest BCUT2D eigenvalue weighted by Crippen LogP contribution is 2.26. The molecular formula is C17H21NO4. The number of benzene rings is 1. The van der Waals surface area contributed by atoms with E-state index in [1.54, 1.807) is 6.92 Å². The highest BCUT2D eigenvalue weighted by Gasteiger charge is 2.35. The number of aliphatic carboxylic acids is 1. The number of furan rings is 1. The molecule has 0 radical (unpaired) electrons. The van der Waals surface area contributed by atoms with Gasteiger partial charge in [0, 0.05) is 5.39 Å². The van der Waals surface area contributed by atoms with E-state index in [9.17, 15) is 14.7 Å². The molecule has 2 rings (SSSR count). The van der Waals surface area contributed by atoms with Gasteiger partial charge in [-0.3, -0.25) is 4.79 Å². The topological polar surface area (TPSA) is 79.5 Å². The van der Waals surface area contributed by atoms with Crippen LogP contribution in [0.5, 0.6) is 0 Å². The normalized spacial score (nSPS) is 15.2. The van der Waals surface area contributed by atoms with Crippen LogP contribution in [0.4, 0.5) is 0 Å². The summed E-state index contributed by atoms with van der Waals surface area (Å²) < 4.78 is 5.68. The number of carboxylic acid groups (broad SMARTS) is 1. The fourth-order valence-corrected chi connectivity index (χ4v) is 2.45. The molecule has 0 saturated carbocycles. The number of carboxylic acids is 1. The Hall–Kier alpha value is -2.30. The lowest BCUT2D eigenvalue weighted by Crippen LogP contribution is -2.53. The summed E-state index contributed by atoms with van der Waals surface area (Å²) in [7, 11) is 0. The molecule has 1 aromatic heterocycles. The van der Waals surface area contributed by atoms with Crippen LogP contribution in [0.2, 0.25) is 0 Å². The second-order valence-electron chi connectivity index (χ2n) is 5.78. The molecule has 0 fully saturated rings. The zero-order valence-corrected chi connectivity index (χ0v) is 13.1. The van der Waals surface area contributed by atoms with Gasteiger partial charge in [0.2, 0.25) is 5.91 Å². The van der Waals surface area contributed by atoms with Crippen molar-refractivity contribution in [3.8, 4) is 0 Å². The van der Waals surface area contributed by atoms with Gasteiger partial charge in [-0.1, -0.05) is 31.5 Å². The van der Waals surface area contributed by atoms with Crippen LogP contribution in [0, 0.1) is 0 Å². The first-order valence-corrected chi connectivity index (χ1v) is 7.41. The van der Waals surface area contributed by atoms with Crippen molar-refractivity contribution in [1.82, 2.24) is 5.32 Å². The molecule has 5 nitrogen and oxygen atoms in total. The monoisotopic (exact) mass is 303 g/mol. The summed E-state index contributed by atoms with van der Waals surface area (Å²) in [6, 6.07) is 9.32. The minimum Gasteiger partial charge on any atom is -0.480 e. The molecule has 1 heterocycles. The maximum absolute atomic E-state index is 12.4. The third kappa shape index (κ3) is 3.13. The highest BCUT2D eigenvalue weighted by molar-refractivity contribution is 5.90. The van der Waals surface area contributed by atoms with Crippen molar-refractivity contribution in [3.63, 3.8) is 0 Å². The molecule has 2 N–H and O–H groups in total. The highest BCUT2D eigenvalue weighted by atomic mass is 16.4. The number of hydrogen-bond donors (Lipinski definition) is 2. The Morgan fingerprint density at radius 3 is 2.64 bits per heavy atom. The van der Waals surface area contributed by atoms with Gasteiger partial charge in [0.05, 0.1) is 5.92 Å². The molecule has 0 aliphatic heterocycles. The third-order valence-electron chi connectivity index (χ3n) is 3.89. The largest absolute Gasteiger partial charge is 0.480 e. The molecule has 1 aromatic carbocycles. The fourth-order valence-electron chi connectivity index (χ4n) is 2.45. The predicted octanol–water partition coefficient (Wildman–Crippen LogP) is 3.30. The van der Waals surface area contributed by atoms with Crippen LogP contribution in [0.15, 0.2) is 34.7 Å². The van der Waals surface area contributed by atoms with E-state index in [2.05, 4.69) is 5.32 Å². The van der Waals surface area contributed by atoms with Gasteiger partial charge in [-0.05, 0) is 32.4 Å². The van der Waals surface area contributed by atoms with Crippen molar-refractivity contribution >= 4 is 22.8 Å². The predicted molar refractivity (Wildman–Crippen MR) is 83.7 cm³/mol. The van der Waals surface area contributed by atoms with Crippen LogP contribution < -0.4 is 5.32 Å². The van der Waals surface area contributed by atoms with E-state index in [1.807, 2.05) is 37.3 Å². The number of hydrogen-bond acceptors (Lipinski definition) is 3. The summed E-state index contributed by atoms with van der Waals surface area (Å²) >= 11 is 0. The summed E-state index contributed by atoms with van der Waals surface area (Å²) in [5.74, 6) is -1.40. The smallest absolute Gasteiger partial charge is 0.329 e. The SMILES string of the molecule is CCCC(C)(NC(=O)C(C)c1cc2ccccc2o1)C(=O)O. The number of carbonyl (C=O) groups is 2. The summed E-state index contributed by atoms with van der Waals surface area (Å²) in [5, 5.41) is 12.9. The van der Waals surface area contributed by atoms with Crippen LogP contribution in [-0.2, 0) is 9.59 Å². The average Bonchev–Trinajstić information content (AvgIpc) is 2.90. The first-order chi connectivity index (χ1) is 10.4. The van der Waals surface area contributed by atoms with E-state index in [0.29, 0.717) is 24.2 Å². The molecule has 0 bridgehead atoms. The summed E-state index contributed by atoms with van der Waals surface area (Å²) in [6.45, 7) is 5.12. The van der Waals surface area contributed by atoms with Crippen molar-refractivity contribution in [2.45, 2.75) is 45.1 Å². The molecule has 1 amide bonds. The number of para-hydroxylation sites is 1. The first kappa shape index (κ1) is 16.1. The Morgan fingerprint density at radius 2 is 2.05 bits per heavy atom. The zero-order chi connectivity index (χ0) is 16.3. The van der Waals surface area contributed by atoms with E-state index in [4.69, 9.17) is 4.42 Å². The van der Waals surface area contributed by atoms with E-state index < -0.39 is 17.4 Å². The van der Waals surface area contributed by atoms with Crippen LogP contribution in [0.1, 0.15) is 45.3 Å². The van der Waals surface area contributed by atoms with Gasteiger partial charge in [0.25, 0.3) is 0 Å². The lowest BCUT2D eigenvalue weighted by Gasteiger charge is -2.27. The Labute approximate surface area is 129 Å². The van der Waals surface area contributed by atoms with Gasteiger partial charge in [0.1, 0.15) is 16.9 Å². The Bertz CT molecular complexity index is 658. The second kappa shape index (κ2) is 6.22. The first-order valence-electron chi connectivity index (χ1n) is 7.41. The van der Waals surface area contributed by atoms with Crippen molar-refractivity contribution in [2.24, 2.45) is 0 Å². The van der Waals surface area contributed by atoms with Gasteiger partial charge in [-0.15, -0.1) is 0 Å². The molecule has 0 spiro atoms. The van der Waals surface area contributed by atoms with Crippen LogP contribution in [0.25, 0.3) is 11.0 Å². The zero-order valence-electron chi connectivity index (χ0n) is 13.1. The Kier molecular flexibility index (Phi) is 4.54. The molecule has 2 atom stereocenters. The van der Waals surface area contributed by atoms with Crippen molar-refractivity contribution < 1.29 is 19.1 Å². The Morgan fingerprint density at radius 1 is 1.36 bits per heavy atom. The number of rotatable bonds is 6. The lowest BCUT2D eigenvalue weighted by molar-refractivity contribution is -0.147. The van der Waals surface area contributed by atoms with Crippen molar-refractivity contribution in [3.05, 3.63) is 36.1 Å². The summed E-state index contributed by atoms with van der Waals surface area (Å²) in [6.07, 6.45) is 1.04. The van der Waals surface area contributed by atoms with E-state index in [-0.39, 0.29) is 5.91 Å². The van der Waals surface area contributed by atoms with E-state index in [1.165, 1.54) is 6.92 Å². The van der Waals surface area contributed by atoms with Gasteiger partial charge in [-0.25, -0.2) is 4.79 Å². The Balaban J connectivity index is 2.19. The van der Waals surface area contributed by atoms with Gasteiger partial charge < -0.3 is 14.8 Å². The van der Waals surface area contributed by atoms with Gasteiger partial charge >= 0.3 is 5.97 Å². The second-order valence-corrected chi connectivity index (χ2v) is 5.78. The summed E-state index contributed by atoms with van der Waals surface area (Å²) in [5.41, 5.74) is -0.543. The minimum atomic E-state index is -1.26. The number of nitrogens with one attached hydrogen (secondary N) is 1. The van der Waals surface area contributed by atoms with E-state index in [0.717, 1.165) is 5.39 Å². The quantitative estimate of drug-likeness (QED) is 0.858. The average molecular weight is 303 g/mol. The van der Waals surface area contributed by atoms with Crippen molar-refractivity contribution in [1.29, 1.82) is 0 Å². The van der Waals surface area contributed by atoms with Crippen LogP contribution in [-0.4, -0.2) is 22.5 Å². The standard InChI is InChI=1S/C17H21NO4/c1-4-9-17(3,16(20)21)18-15(19)11(2)14-10-12-7-5-6-8-13(12)22-14/h5-8,10-11H,4,9H2,1-3H3,(H,18,19)(H,20,21). The number of carbonyl (C=O) groups excluding carboxylic acids is 1. The third-order valence-corrected chi connectivity index (χ3v) is 3.89.